The number of rotatable bonds is 1. The van der Waals surface area contributed by atoms with Gasteiger partial charge in [0.1, 0.15) is 6.17 Å². The highest BCUT2D eigenvalue weighted by Crippen LogP contribution is 2.46. The summed E-state index contributed by atoms with van der Waals surface area (Å²) in [4.78, 5) is 27.1. The van der Waals surface area contributed by atoms with E-state index in [9.17, 15) is 9.59 Å². The second-order valence-electron chi connectivity index (χ2n) is 7.70. The van der Waals surface area contributed by atoms with Crippen LogP contribution in [0.25, 0.3) is 0 Å². The molecule has 0 radical (unpaired) electrons. The van der Waals surface area contributed by atoms with Crippen LogP contribution in [0, 0.1) is 5.92 Å². The van der Waals surface area contributed by atoms with Crippen molar-refractivity contribution in [3.63, 3.8) is 0 Å². The molecule has 1 aliphatic carbocycles. The Bertz CT molecular complexity index is 984. The molecule has 154 valence electrons. The molecule has 29 heavy (non-hydrogen) atoms. The van der Waals surface area contributed by atoms with Crippen LogP contribution in [0.1, 0.15) is 60.8 Å². The summed E-state index contributed by atoms with van der Waals surface area (Å²) in [5.74, 6) is 0.503. The van der Waals surface area contributed by atoms with E-state index in [0.29, 0.717) is 11.6 Å². The Morgan fingerprint density at radius 1 is 1.03 bits per heavy atom. The molecule has 1 aromatic carbocycles. The van der Waals surface area contributed by atoms with Crippen molar-refractivity contribution in [3.05, 3.63) is 63.6 Å². The van der Waals surface area contributed by atoms with E-state index in [4.69, 9.17) is 4.74 Å². The molecule has 1 saturated heterocycles. The minimum absolute atomic E-state index is 0.0235. The molecule has 6 nitrogen and oxygen atoms in total. The van der Waals surface area contributed by atoms with E-state index in [-0.39, 0.29) is 29.3 Å². The number of nitrogens with zero attached hydrogens (tertiary/aromatic N) is 3. The van der Waals surface area contributed by atoms with E-state index in [1.807, 2.05) is 25.6 Å². The fraction of sp³-hybridized carbons (Fsp3) is 0.478. The number of amides is 1. The number of fused-ring (bicyclic) bond motifs is 7. The Kier molecular flexibility index (Phi) is 5.11. The largest absolute Gasteiger partial charge is 0.491 e. The Morgan fingerprint density at radius 3 is 2.55 bits per heavy atom. The molecule has 1 amide bonds. The van der Waals surface area contributed by atoms with Gasteiger partial charge in [-0.05, 0) is 42.7 Å². The molecule has 2 aliphatic heterocycles. The summed E-state index contributed by atoms with van der Waals surface area (Å²) in [6, 6.07) is 10.3. The summed E-state index contributed by atoms with van der Waals surface area (Å²) in [5, 5.41) is 2.30. The van der Waals surface area contributed by atoms with Crippen molar-refractivity contribution in [1.29, 1.82) is 0 Å². The molecule has 5 rings (SSSR count). The van der Waals surface area contributed by atoms with Gasteiger partial charge in [-0.3, -0.25) is 19.3 Å². The van der Waals surface area contributed by atoms with Crippen molar-refractivity contribution in [2.45, 2.75) is 51.7 Å². The lowest BCUT2D eigenvalue weighted by Crippen LogP contribution is -2.64. The average Bonchev–Trinajstić information content (AvgIpc) is 2.77. The van der Waals surface area contributed by atoms with Gasteiger partial charge in [0, 0.05) is 19.3 Å². The van der Waals surface area contributed by atoms with Crippen LogP contribution in [-0.4, -0.2) is 35.8 Å². The number of carbonyl (C=O) groups excluding carboxylic acids is 1. The zero-order valence-corrected chi connectivity index (χ0v) is 17.6. The van der Waals surface area contributed by atoms with E-state index >= 15 is 0 Å². The maximum Gasteiger partial charge on any atom is 0.277 e. The third-order valence-corrected chi connectivity index (χ3v) is 6.45. The number of aryl methyl sites for hydroxylation is 1. The van der Waals surface area contributed by atoms with Gasteiger partial charge in [-0.15, -0.1) is 0 Å². The number of hydrogen-bond donors (Lipinski definition) is 0. The van der Waals surface area contributed by atoms with Gasteiger partial charge in [0.2, 0.25) is 5.43 Å². The minimum Gasteiger partial charge on any atom is -0.491 e. The lowest BCUT2D eigenvalue weighted by Gasteiger charge is -2.55. The van der Waals surface area contributed by atoms with Gasteiger partial charge in [-0.25, -0.2) is 0 Å². The van der Waals surface area contributed by atoms with Crippen molar-refractivity contribution in [1.82, 2.24) is 9.58 Å². The van der Waals surface area contributed by atoms with Gasteiger partial charge in [0.25, 0.3) is 5.91 Å². The van der Waals surface area contributed by atoms with E-state index in [0.717, 1.165) is 25.7 Å². The Morgan fingerprint density at radius 2 is 1.79 bits per heavy atom. The summed E-state index contributed by atoms with van der Waals surface area (Å²) in [6.07, 6.45) is 5.99. The number of pyridine rings is 1. The lowest BCUT2D eigenvalue weighted by atomic mass is 9.74. The molecule has 3 atom stereocenters. The molecule has 1 aromatic heterocycles. The standard InChI is InChI=1S/C21H23N3O3.C2H6/c1-22-17-10-9-14-8-7-13-5-3-4-6-15(13)18(14)24(17)23-12-11-16(25)20(27-2)19(23)21(22)26;1-2/h3-6,11-12,14,17-18H,7-10H2,1-2H3;1-2H3. The summed E-state index contributed by atoms with van der Waals surface area (Å²) < 4.78 is 7.22. The molecule has 0 spiro atoms. The Balaban J connectivity index is 0.000000994. The molecule has 1 fully saturated rings. The number of aromatic nitrogens is 1. The monoisotopic (exact) mass is 395 g/mol. The van der Waals surface area contributed by atoms with Crippen LogP contribution in [0.2, 0.25) is 0 Å². The molecule has 0 bridgehead atoms. The van der Waals surface area contributed by atoms with Gasteiger partial charge in [0.15, 0.2) is 11.4 Å². The number of benzene rings is 1. The van der Waals surface area contributed by atoms with Crippen LogP contribution in [0.15, 0.2) is 41.3 Å². The molecule has 0 N–H and O–H groups in total. The van der Waals surface area contributed by atoms with Gasteiger partial charge < -0.3 is 9.64 Å². The summed E-state index contributed by atoms with van der Waals surface area (Å²) in [6.45, 7) is 4.00. The van der Waals surface area contributed by atoms with Crippen LogP contribution in [0.4, 0.5) is 0 Å². The maximum absolute atomic E-state index is 13.1. The number of piperidine rings is 1. The molecule has 3 heterocycles. The van der Waals surface area contributed by atoms with E-state index in [1.165, 1.54) is 24.3 Å². The van der Waals surface area contributed by atoms with Gasteiger partial charge in [-0.1, -0.05) is 38.1 Å². The van der Waals surface area contributed by atoms with Crippen molar-refractivity contribution < 1.29 is 9.53 Å². The van der Waals surface area contributed by atoms with Crippen LogP contribution in [0.3, 0.4) is 0 Å². The van der Waals surface area contributed by atoms with E-state index in [2.05, 4.69) is 29.3 Å². The molecular weight excluding hydrogens is 366 g/mol. The summed E-state index contributed by atoms with van der Waals surface area (Å²) in [5.41, 5.74) is 2.78. The fourth-order valence-corrected chi connectivity index (χ4v) is 5.19. The molecular formula is C23H29N3O3. The lowest BCUT2D eigenvalue weighted by molar-refractivity contribution is 0.0477. The Hall–Kier alpha value is -2.76. The Labute approximate surface area is 171 Å². The minimum atomic E-state index is -0.262. The zero-order valence-electron chi connectivity index (χ0n) is 17.6. The number of methoxy groups -OCH3 is 1. The van der Waals surface area contributed by atoms with Crippen LogP contribution in [0.5, 0.6) is 5.75 Å². The second kappa shape index (κ2) is 7.58. The van der Waals surface area contributed by atoms with Crippen molar-refractivity contribution in [2.24, 2.45) is 5.92 Å². The zero-order chi connectivity index (χ0) is 20.7. The second-order valence-corrected chi connectivity index (χ2v) is 7.70. The van der Waals surface area contributed by atoms with Crippen molar-refractivity contribution in [3.8, 4) is 5.75 Å². The normalized spacial score (nSPS) is 24.4. The predicted molar refractivity (Wildman–Crippen MR) is 113 cm³/mol. The predicted octanol–water partition coefficient (Wildman–Crippen LogP) is 3.33. The van der Waals surface area contributed by atoms with Crippen LogP contribution in [-0.2, 0) is 6.42 Å². The highest BCUT2D eigenvalue weighted by Gasteiger charge is 2.47. The number of ether oxygens (including phenoxy) is 1. The smallest absolute Gasteiger partial charge is 0.277 e. The molecule has 2 aromatic rings. The van der Waals surface area contributed by atoms with Crippen LogP contribution < -0.4 is 15.2 Å². The SMILES string of the molecule is CC.COc1c2n(ccc1=O)N1C3c4ccccc4CCC3CCC1N(C)C2=O. The first kappa shape index (κ1) is 19.6. The van der Waals surface area contributed by atoms with E-state index in [1.54, 1.807) is 11.1 Å². The number of carbonyl (C=O) groups is 1. The third kappa shape index (κ3) is 2.84. The highest BCUT2D eigenvalue weighted by atomic mass is 16.5. The first-order valence-corrected chi connectivity index (χ1v) is 10.5. The quantitative estimate of drug-likeness (QED) is 0.743. The topological polar surface area (TPSA) is 54.8 Å². The molecule has 3 unspecified atom stereocenters. The fourth-order valence-electron chi connectivity index (χ4n) is 5.19. The maximum atomic E-state index is 13.1. The van der Waals surface area contributed by atoms with Crippen LogP contribution >= 0.6 is 0 Å². The molecule has 0 saturated carbocycles. The average molecular weight is 396 g/mol. The van der Waals surface area contributed by atoms with E-state index < -0.39 is 0 Å². The van der Waals surface area contributed by atoms with Gasteiger partial charge in [-0.2, -0.15) is 0 Å². The molecule has 6 heteroatoms. The molecule has 3 aliphatic rings. The number of hydrogen-bond acceptors (Lipinski definition) is 4. The summed E-state index contributed by atoms with van der Waals surface area (Å²) in [7, 11) is 3.28. The van der Waals surface area contributed by atoms with Gasteiger partial charge >= 0.3 is 0 Å². The van der Waals surface area contributed by atoms with Gasteiger partial charge in [0.05, 0.1) is 13.2 Å². The first-order valence-electron chi connectivity index (χ1n) is 10.5. The first-order chi connectivity index (χ1) is 14.1. The summed E-state index contributed by atoms with van der Waals surface area (Å²) >= 11 is 0. The van der Waals surface area contributed by atoms with Crippen molar-refractivity contribution in [2.75, 3.05) is 19.2 Å². The highest BCUT2D eigenvalue weighted by molar-refractivity contribution is 5.96. The third-order valence-electron chi connectivity index (χ3n) is 6.45. The van der Waals surface area contributed by atoms with Crippen molar-refractivity contribution >= 4 is 5.91 Å².